The number of aromatic nitrogens is 4. The van der Waals surface area contributed by atoms with E-state index in [1.807, 2.05) is 29.2 Å². The molecule has 1 aliphatic carbocycles. The molecule has 5 aliphatic heterocycles. The van der Waals surface area contributed by atoms with Gasteiger partial charge >= 0.3 is 0 Å². The molecule has 58 heavy (non-hydrogen) atoms. The number of piperidine rings is 2. The highest BCUT2D eigenvalue weighted by Gasteiger charge is 2.46. The largest absolute Gasteiger partial charge is 0.488 e. The maximum Gasteiger partial charge on any atom is 0.255 e. The fraction of sp³-hybridized carbons (Fsp3) is 0.524. The number of rotatable bonds is 10. The summed E-state index contributed by atoms with van der Waals surface area (Å²) in [5.74, 6) is 0.390. The number of hydrogen-bond donors (Lipinski definition) is 2. The first-order valence-corrected chi connectivity index (χ1v) is 20.6. The van der Waals surface area contributed by atoms with Crippen LogP contribution in [0.2, 0.25) is 0 Å². The Morgan fingerprint density at radius 3 is 2.47 bits per heavy atom. The van der Waals surface area contributed by atoms with Gasteiger partial charge in [-0.25, -0.2) is 18.7 Å². The number of fused-ring (bicyclic) bond motifs is 2. The number of carbonyl (C=O) groups is 3. The Bertz CT molecular complexity index is 2280. The number of halogens is 2. The van der Waals surface area contributed by atoms with Gasteiger partial charge in [0.25, 0.3) is 5.91 Å². The second kappa shape index (κ2) is 14.3. The van der Waals surface area contributed by atoms with Crippen molar-refractivity contribution in [2.24, 2.45) is 5.92 Å². The Balaban J connectivity index is 0.684. The smallest absolute Gasteiger partial charge is 0.255 e. The maximum atomic E-state index is 16.0. The van der Waals surface area contributed by atoms with Crippen LogP contribution >= 0.6 is 0 Å². The van der Waals surface area contributed by atoms with E-state index in [0.29, 0.717) is 49.9 Å². The van der Waals surface area contributed by atoms with Crippen LogP contribution in [0, 0.1) is 11.7 Å². The lowest BCUT2D eigenvalue weighted by atomic mass is 9.90. The molecule has 1 atom stereocenters. The summed E-state index contributed by atoms with van der Waals surface area (Å²) in [4.78, 5) is 56.4. The van der Waals surface area contributed by atoms with Crippen LogP contribution < -0.4 is 19.9 Å². The molecule has 2 N–H and O–H groups in total. The molecule has 0 bridgehead atoms. The highest BCUT2D eigenvalue weighted by Crippen LogP contribution is 2.41. The number of benzene rings is 2. The molecule has 7 heterocycles. The molecule has 1 unspecified atom stereocenters. The van der Waals surface area contributed by atoms with Gasteiger partial charge < -0.3 is 19.4 Å². The summed E-state index contributed by atoms with van der Waals surface area (Å²) in [5.41, 5.74) is 2.16. The minimum Gasteiger partial charge on any atom is -0.488 e. The van der Waals surface area contributed by atoms with Crippen LogP contribution in [-0.4, -0.2) is 135 Å². The second-order valence-electron chi connectivity index (χ2n) is 17.4. The zero-order valence-electron chi connectivity index (χ0n) is 32.7. The Labute approximate surface area is 334 Å². The fourth-order valence-electron chi connectivity index (χ4n) is 9.54. The molecule has 5 fully saturated rings. The fourth-order valence-corrected chi connectivity index (χ4v) is 9.54. The first kappa shape index (κ1) is 37.1. The van der Waals surface area contributed by atoms with Gasteiger partial charge in [-0.3, -0.25) is 34.6 Å². The Morgan fingerprint density at radius 1 is 0.914 bits per heavy atom. The quantitative estimate of drug-likeness (QED) is 0.226. The van der Waals surface area contributed by atoms with Gasteiger partial charge in [-0.15, -0.1) is 0 Å². The van der Waals surface area contributed by atoms with Gasteiger partial charge in [0.1, 0.15) is 40.9 Å². The number of H-pyrrole nitrogens is 1. The summed E-state index contributed by atoms with van der Waals surface area (Å²) in [6.07, 6.45) is 5.83. The highest BCUT2D eigenvalue weighted by atomic mass is 19.1. The van der Waals surface area contributed by atoms with E-state index in [1.54, 1.807) is 18.5 Å². The average molecular weight is 795 g/mol. The van der Waals surface area contributed by atoms with E-state index >= 15 is 8.78 Å². The van der Waals surface area contributed by atoms with E-state index in [2.05, 4.69) is 47.1 Å². The molecule has 10 rings (SSSR count). The lowest BCUT2D eigenvalue weighted by Gasteiger charge is -2.49. The number of likely N-dealkylation sites (tertiary alicyclic amines) is 1. The average Bonchev–Trinajstić information content (AvgIpc) is 3.62. The number of hydrogen-bond acceptors (Lipinski definition) is 11. The van der Waals surface area contributed by atoms with Gasteiger partial charge in [-0.05, 0) is 75.3 Å². The predicted octanol–water partition coefficient (Wildman–Crippen LogP) is 3.91. The lowest BCUT2D eigenvalue weighted by Crippen LogP contribution is -2.65. The number of ether oxygens (including phenoxy) is 1. The maximum absolute atomic E-state index is 16.0. The van der Waals surface area contributed by atoms with Gasteiger partial charge in [-0.1, -0.05) is 0 Å². The van der Waals surface area contributed by atoms with Gasteiger partial charge in [0.15, 0.2) is 5.82 Å². The Kier molecular flexibility index (Phi) is 9.11. The van der Waals surface area contributed by atoms with Crippen molar-refractivity contribution in [3.05, 3.63) is 59.7 Å². The standard InChI is InChI=1S/C42H48F2N10O4/c1-41(10-11-41)58-27-2-4-31-29(18-27)38(49-48-31)32-19-35(46-25-45-32)53-16-14-50(15-17-53)22-42(44)23-51(24-42)20-26-8-12-52(13-9-26)33-5-3-28-30(37(33)43)21-54(40(28)57)34-6-7-36(55)47-39(34)56/h2-5,18-19,25-26,34H,6-17,20-24H2,1H3,(H,48,49)(H,47,55,56). The molecule has 0 spiro atoms. The first-order valence-electron chi connectivity index (χ1n) is 20.6. The third kappa shape index (κ3) is 7.03. The zero-order chi connectivity index (χ0) is 39.8. The number of anilines is 2. The Hall–Kier alpha value is -5.22. The van der Waals surface area contributed by atoms with Crippen LogP contribution in [0.3, 0.4) is 0 Å². The van der Waals surface area contributed by atoms with E-state index in [0.717, 1.165) is 92.3 Å². The number of nitrogens with one attached hydrogen (secondary N) is 2. The molecule has 16 heteroatoms. The zero-order valence-corrected chi connectivity index (χ0v) is 32.7. The molecule has 6 aliphatic rings. The topological polar surface area (TPSA) is 143 Å². The van der Waals surface area contributed by atoms with Crippen molar-refractivity contribution < 1.29 is 27.9 Å². The van der Waals surface area contributed by atoms with Crippen LogP contribution in [0.15, 0.2) is 42.7 Å². The van der Waals surface area contributed by atoms with E-state index in [-0.39, 0.29) is 42.4 Å². The molecule has 14 nitrogen and oxygen atoms in total. The summed E-state index contributed by atoms with van der Waals surface area (Å²) < 4.78 is 38.1. The summed E-state index contributed by atoms with van der Waals surface area (Å²) in [5, 5.41) is 10.9. The molecule has 4 aromatic rings. The summed E-state index contributed by atoms with van der Waals surface area (Å²) in [6, 6.07) is 10.5. The third-order valence-corrected chi connectivity index (χ3v) is 13.1. The van der Waals surface area contributed by atoms with Gasteiger partial charge in [0.2, 0.25) is 11.8 Å². The van der Waals surface area contributed by atoms with Gasteiger partial charge in [0, 0.05) is 94.4 Å². The van der Waals surface area contributed by atoms with Gasteiger partial charge in [0.05, 0.1) is 23.4 Å². The molecule has 2 aromatic carbocycles. The first-order chi connectivity index (χ1) is 28.0. The monoisotopic (exact) mass is 794 g/mol. The number of aromatic amines is 1. The minimum atomic E-state index is -1.24. The summed E-state index contributed by atoms with van der Waals surface area (Å²) >= 11 is 0. The number of piperazine rings is 1. The molecule has 1 saturated carbocycles. The van der Waals surface area contributed by atoms with Crippen LogP contribution in [0.1, 0.15) is 61.4 Å². The van der Waals surface area contributed by atoms with Crippen molar-refractivity contribution >= 4 is 40.1 Å². The van der Waals surface area contributed by atoms with E-state index in [9.17, 15) is 14.4 Å². The van der Waals surface area contributed by atoms with Crippen molar-refractivity contribution in [3.8, 4) is 17.1 Å². The molecular weight excluding hydrogens is 747 g/mol. The van der Waals surface area contributed by atoms with Crippen molar-refractivity contribution in [2.75, 3.05) is 75.2 Å². The van der Waals surface area contributed by atoms with Crippen LogP contribution in [0.4, 0.5) is 20.3 Å². The van der Waals surface area contributed by atoms with Crippen molar-refractivity contribution in [1.29, 1.82) is 0 Å². The molecule has 4 saturated heterocycles. The number of carbonyl (C=O) groups excluding carboxylic acids is 3. The SMILES string of the molecule is CC1(Oc2ccc3[nH]nc(-c4cc(N5CCN(CC6(F)CN(CC7CCN(c8ccc9c(c8F)CN(C8CCC(=O)NC8=O)C9=O)CC7)C6)CC5)ncn4)c3c2)CC1. The second-order valence-corrected chi connectivity index (χ2v) is 17.4. The van der Waals surface area contributed by atoms with Crippen LogP contribution in [-0.2, 0) is 16.1 Å². The van der Waals surface area contributed by atoms with Crippen molar-refractivity contribution in [1.82, 2.24) is 40.2 Å². The normalized spacial score (nSPS) is 23.6. The molecule has 3 amide bonds. The predicted molar refractivity (Wildman–Crippen MR) is 212 cm³/mol. The molecule has 0 radical (unpaired) electrons. The van der Waals surface area contributed by atoms with Gasteiger partial charge in [-0.2, -0.15) is 5.10 Å². The number of amides is 3. The third-order valence-electron chi connectivity index (χ3n) is 13.1. The number of alkyl halides is 1. The minimum absolute atomic E-state index is 0.0104. The Morgan fingerprint density at radius 2 is 1.71 bits per heavy atom. The molecule has 304 valence electrons. The molecular formula is C42H48F2N10O4. The van der Waals surface area contributed by atoms with Crippen molar-refractivity contribution in [2.45, 2.75) is 69.3 Å². The van der Waals surface area contributed by atoms with E-state index in [1.165, 1.54) is 4.90 Å². The lowest BCUT2D eigenvalue weighted by molar-refractivity contribution is -0.136. The molecule has 2 aromatic heterocycles. The van der Waals surface area contributed by atoms with E-state index in [4.69, 9.17) is 4.74 Å². The number of imide groups is 1. The van der Waals surface area contributed by atoms with Crippen LogP contribution in [0.5, 0.6) is 5.75 Å². The number of nitrogens with zero attached hydrogens (tertiary/aromatic N) is 8. The highest BCUT2D eigenvalue weighted by molar-refractivity contribution is 6.05. The van der Waals surface area contributed by atoms with Crippen LogP contribution in [0.25, 0.3) is 22.3 Å². The summed E-state index contributed by atoms with van der Waals surface area (Å²) in [7, 11) is 0. The van der Waals surface area contributed by atoms with E-state index < -0.39 is 23.4 Å². The van der Waals surface area contributed by atoms with Crippen molar-refractivity contribution in [3.63, 3.8) is 0 Å². The summed E-state index contributed by atoms with van der Waals surface area (Å²) in [6.45, 7) is 8.54.